The summed E-state index contributed by atoms with van der Waals surface area (Å²) in [4.78, 5) is 26.0. The van der Waals surface area contributed by atoms with Gasteiger partial charge < -0.3 is 16.5 Å². The van der Waals surface area contributed by atoms with Gasteiger partial charge >= 0.3 is 0 Å². The van der Waals surface area contributed by atoms with Gasteiger partial charge in [-0.05, 0) is 12.5 Å². The minimum absolute atomic E-state index is 0.231. The van der Waals surface area contributed by atoms with Crippen molar-refractivity contribution in [3.8, 4) is 0 Å². The van der Waals surface area contributed by atoms with Crippen LogP contribution in [0.5, 0.6) is 0 Å². The number of hydrogen-bond donors (Lipinski definition) is 4. The molecule has 1 aromatic heterocycles. The van der Waals surface area contributed by atoms with Crippen molar-refractivity contribution in [3.63, 3.8) is 0 Å². The molecule has 0 bridgehead atoms. The van der Waals surface area contributed by atoms with Gasteiger partial charge in [-0.25, -0.2) is 10.8 Å². The summed E-state index contributed by atoms with van der Waals surface area (Å²) >= 11 is 5.83. The van der Waals surface area contributed by atoms with Crippen LogP contribution in [0, 0.1) is 0 Å². The number of hydrazine groups is 1. The fourth-order valence-electron chi connectivity index (χ4n) is 1.23. The van der Waals surface area contributed by atoms with Crippen molar-refractivity contribution in [1.29, 1.82) is 0 Å². The second-order valence-electron chi connectivity index (χ2n) is 3.52. The lowest BCUT2D eigenvalue weighted by Gasteiger charge is -2.06. The molecule has 0 aliphatic heterocycles. The second kappa shape index (κ2) is 6.77. The highest BCUT2D eigenvalue weighted by atomic mass is 35.5. The summed E-state index contributed by atoms with van der Waals surface area (Å²) < 4.78 is 0. The third kappa shape index (κ3) is 4.19. The molecular weight excluding hydrogens is 258 g/mol. The van der Waals surface area contributed by atoms with Gasteiger partial charge in [0.15, 0.2) is 5.82 Å². The van der Waals surface area contributed by atoms with Crippen molar-refractivity contribution in [1.82, 2.24) is 10.3 Å². The average Bonchev–Trinajstić information content (AvgIpc) is 2.34. The third-order valence-corrected chi connectivity index (χ3v) is 2.41. The zero-order chi connectivity index (χ0) is 13.5. The van der Waals surface area contributed by atoms with Crippen LogP contribution in [0.25, 0.3) is 0 Å². The molecule has 0 spiro atoms. The zero-order valence-corrected chi connectivity index (χ0v) is 10.3. The lowest BCUT2D eigenvalue weighted by molar-refractivity contribution is -0.118. The molecule has 8 heteroatoms. The van der Waals surface area contributed by atoms with Gasteiger partial charge in [0.25, 0.3) is 5.91 Å². The largest absolute Gasteiger partial charge is 0.370 e. The number of anilines is 1. The Balaban J connectivity index is 2.51. The standard InChI is InChI=1S/C10H14ClN5O2/c11-7-4-6(5-15-9(7)16-13)10(18)14-3-1-2-8(12)17/h4-5H,1-3,13H2,(H2,12,17)(H,14,18)(H,15,16). The van der Waals surface area contributed by atoms with Crippen LogP contribution in [0.15, 0.2) is 12.3 Å². The third-order valence-electron chi connectivity index (χ3n) is 2.13. The van der Waals surface area contributed by atoms with Crippen LogP contribution in [0.1, 0.15) is 23.2 Å². The maximum absolute atomic E-state index is 11.7. The molecule has 0 aromatic carbocycles. The number of hydrogen-bond acceptors (Lipinski definition) is 5. The van der Waals surface area contributed by atoms with E-state index in [4.69, 9.17) is 23.2 Å². The molecule has 7 nitrogen and oxygen atoms in total. The first-order valence-corrected chi connectivity index (χ1v) is 5.61. The monoisotopic (exact) mass is 271 g/mol. The lowest BCUT2D eigenvalue weighted by Crippen LogP contribution is -2.25. The lowest BCUT2D eigenvalue weighted by atomic mass is 10.2. The van der Waals surface area contributed by atoms with Crippen molar-refractivity contribution in [3.05, 3.63) is 22.8 Å². The Kier molecular flexibility index (Phi) is 5.34. The molecule has 0 aliphatic carbocycles. The number of primary amides is 1. The number of amides is 2. The van der Waals surface area contributed by atoms with Gasteiger partial charge in [0.05, 0.1) is 10.6 Å². The minimum Gasteiger partial charge on any atom is -0.370 e. The van der Waals surface area contributed by atoms with Gasteiger partial charge in [0.1, 0.15) is 0 Å². The Bertz CT molecular complexity index is 452. The Morgan fingerprint density at radius 3 is 2.72 bits per heavy atom. The number of nitrogens with zero attached hydrogens (tertiary/aromatic N) is 1. The number of pyridine rings is 1. The van der Waals surface area contributed by atoms with E-state index in [0.29, 0.717) is 24.3 Å². The highest BCUT2D eigenvalue weighted by molar-refractivity contribution is 6.33. The molecule has 1 heterocycles. The van der Waals surface area contributed by atoms with Crippen molar-refractivity contribution in [2.24, 2.45) is 11.6 Å². The van der Waals surface area contributed by atoms with Crippen LogP contribution in [0.2, 0.25) is 5.02 Å². The summed E-state index contributed by atoms with van der Waals surface area (Å²) in [5, 5.41) is 2.87. The summed E-state index contributed by atoms with van der Waals surface area (Å²) in [6, 6.07) is 1.45. The predicted molar refractivity (Wildman–Crippen MR) is 67.8 cm³/mol. The minimum atomic E-state index is -0.396. The number of nitrogens with one attached hydrogen (secondary N) is 2. The van der Waals surface area contributed by atoms with E-state index in [1.165, 1.54) is 12.3 Å². The van der Waals surface area contributed by atoms with E-state index in [2.05, 4.69) is 15.7 Å². The first-order chi connectivity index (χ1) is 8.54. The van der Waals surface area contributed by atoms with Crippen LogP contribution in [-0.2, 0) is 4.79 Å². The Hall–Kier alpha value is -1.86. The maximum atomic E-state index is 11.7. The Morgan fingerprint density at radius 2 is 2.17 bits per heavy atom. The average molecular weight is 272 g/mol. The second-order valence-corrected chi connectivity index (χ2v) is 3.93. The van der Waals surface area contributed by atoms with Gasteiger partial charge in [-0.1, -0.05) is 11.6 Å². The number of nitrogen functional groups attached to an aromatic ring is 1. The fourth-order valence-corrected chi connectivity index (χ4v) is 1.46. The number of nitrogens with two attached hydrogens (primary N) is 2. The summed E-state index contributed by atoms with van der Waals surface area (Å²) in [6.07, 6.45) is 2.07. The summed E-state index contributed by atoms with van der Waals surface area (Å²) in [6.45, 7) is 0.357. The molecule has 0 fully saturated rings. The van der Waals surface area contributed by atoms with E-state index < -0.39 is 5.91 Å². The smallest absolute Gasteiger partial charge is 0.252 e. The van der Waals surface area contributed by atoms with Crippen molar-refractivity contribution >= 4 is 29.2 Å². The number of carbonyl (C=O) groups is 2. The number of halogens is 1. The number of rotatable bonds is 6. The molecule has 1 rings (SSSR count). The first-order valence-electron chi connectivity index (χ1n) is 5.23. The predicted octanol–water partition coefficient (Wildman–Crippen LogP) is 0.0159. The van der Waals surface area contributed by atoms with Crippen LogP contribution in [-0.4, -0.2) is 23.3 Å². The molecule has 2 amide bonds. The summed E-state index contributed by atoms with van der Waals surface area (Å²) in [5.74, 6) is 4.74. The number of aromatic nitrogens is 1. The molecular formula is C10H14ClN5O2. The molecule has 0 saturated heterocycles. The topological polar surface area (TPSA) is 123 Å². The molecule has 6 N–H and O–H groups in total. The van der Waals surface area contributed by atoms with Crippen LogP contribution < -0.4 is 22.3 Å². The zero-order valence-electron chi connectivity index (χ0n) is 9.57. The quantitative estimate of drug-likeness (QED) is 0.330. The summed E-state index contributed by atoms with van der Waals surface area (Å²) in [7, 11) is 0. The van der Waals surface area contributed by atoms with Crippen LogP contribution >= 0.6 is 11.6 Å². The highest BCUT2D eigenvalue weighted by Gasteiger charge is 2.09. The van der Waals surface area contributed by atoms with Gasteiger partial charge in [-0.2, -0.15) is 0 Å². The summed E-state index contributed by atoms with van der Waals surface area (Å²) in [5.41, 5.74) is 7.59. The van der Waals surface area contributed by atoms with E-state index in [1.807, 2.05) is 0 Å². The van der Waals surface area contributed by atoms with Crippen LogP contribution in [0.4, 0.5) is 5.82 Å². The van der Waals surface area contributed by atoms with E-state index in [-0.39, 0.29) is 17.4 Å². The van der Waals surface area contributed by atoms with E-state index in [1.54, 1.807) is 0 Å². The molecule has 0 aliphatic rings. The van der Waals surface area contributed by atoms with Crippen molar-refractivity contribution < 1.29 is 9.59 Å². The molecule has 0 unspecified atom stereocenters. The van der Waals surface area contributed by atoms with Crippen molar-refractivity contribution in [2.45, 2.75) is 12.8 Å². The highest BCUT2D eigenvalue weighted by Crippen LogP contribution is 2.18. The molecule has 98 valence electrons. The van der Waals surface area contributed by atoms with Gasteiger partial charge in [-0.15, -0.1) is 0 Å². The number of carbonyl (C=O) groups excluding carboxylic acids is 2. The fraction of sp³-hybridized carbons (Fsp3) is 0.300. The molecule has 18 heavy (non-hydrogen) atoms. The Morgan fingerprint density at radius 1 is 1.44 bits per heavy atom. The van der Waals surface area contributed by atoms with E-state index >= 15 is 0 Å². The van der Waals surface area contributed by atoms with E-state index in [0.717, 1.165) is 0 Å². The van der Waals surface area contributed by atoms with Crippen LogP contribution in [0.3, 0.4) is 0 Å². The SMILES string of the molecule is NNc1ncc(C(=O)NCCCC(N)=O)cc1Cl. The molecule has 1 aromatic rings. The first kappa shape index (κ1) is 14.2. The normalized spacial score (nSPS) is 9.89. The Labute approximate surface area is 109 Å². The maximum Gasteiger partial charge on any atom is 0.252 e. The van der Waals surface area contributed by atoms with Gasteiger partial charge in [-0.3, -0.25) is 9.59 Å². The molecule has 0 radical (unpaired) electrons. The van der Waals surface area contributed by atoms with Gasteiger partial charge in [0, 0.05) is 19.2 Å². The van der Waals surface area contributed by atoms with E-state index in [9.17, 15) is 9.59 Å². The van der Waals surface area contributed by atoms with Crippen molar-refractivity contribution in [2.75, 3.05) is 12.0 Å². The van der Waals surface area contributed by atoms with Gasteiger partial charge in [0.2, 0.25) is 5.91 Å². The molecule has 0 atom stereocenters. The molecule has 0 saturated carbocycles.